The molecule has 7 nitrogen and oxygen atoms in total. The van der Waals surface area contributed by atoms with Gasteiger partial charge in [0, 0.05) is 32.0 Å². The summed E-state index contributed by atoms with van der Waals surface area (Å²) in [6, 6.07) is 6.27. The van der Waals surface area contributed by atoms with Crippen LogP contribution in [-0.4, -0.2) is 42.5 Å². The van der Waals surface area contributed by atoms with Gasteiger partial charge in [-0.1, -0.05) is 6.07 Å². The Bertz CT molecular complexity index is 663. The van der Waals surface area contributed by atoms with E-state index < -0.39 is 5.78 Å². The van der Waals surface area contributed by atoms with E-state index in [0.29, 0.717) is 19.1 Å². The summed E-state index contributed by atoms with van der Waals surface area (Å²) in [5.41, 5.74) is 7.73. The van der Waals surface area contributed by atoms with E-state index in [9.17, 15) is 9.59 Å². The molecule has 1 aromatic rings. The van der Waals surface area contributed by atoms with Crippen molar-refractivity contribution < 1.29 is 19.1 Å². The lowest BCUT2D eigenvalue weighted by Crippen LogP contribution is -2.49. The Morgan fingerprint density at radius 1 is 1.22 bits per heavy atom. The molecule has 3 atom stereocenters. The molecule has 1 amide bonds. The maximum atomic E-state index is 12.0. The molecule has 23 heavy (non-hydrogen) atoms. The van der Waals surface area contributed by atoms with Crippen LogP contribution in [0.4, 0.5) is 0 Å². The fourth-order valence-corrected chi connectivity index (χ4v) is 3.65. The number of rotatable bonds is 2. The molecule has 3 aliphatic heterocycles. The summed E-state index contributed by atoms with van der Waals surface area (Å²) in [6.45, 7) is 2.77. The maximum Gasteiger partial charge on any atom is 0.289 e. The number of Topliss-reactive ketones (excluding diaryl/α,β-unsaturated/α-hetero) is 1. The quantitative estimate of drug-likeness (QED) is 0.767. The SMILES string of the molecule is CC(=O)C(=O)N1CCC2NNC(c3ccc4c(c3)OCO4)C2C1. The van der Waals surface area contributed by atoms with Crippen molar-refractivity contribution in [1.82, 2.24) is 15.8 Å². The highest BCUT2D eigenvalue weighted by Gasteiger charge is 2.42. The Morgan fingerprint density at radius 2 is 2.04 bits per heavy atom. The van der Waals surface area contributed by atoms with E-state index in [0.717, 1.165) is 23.5 Å². The van der Waals surface area contributed by atoms with E-state index >= 15 is 0 Å². The zero-order valence-corrected chi connectivity index (χ0v) is 12.9. The fraction of sp³-hybridized carbons (Fsp3) is 0.500. The number of hydrogen-bond acceptors (Lipinski definition) is 6. The van der Waals surface area contributed by atoms with Crippen molar-refractivity contribution in [1.29, 1.82) is 0 Å². The molecular weight excluding hydrogens is 298 g/mol. The monoisotopic (exact) mass is 317 g/mol. The van der Waals surface area contributed by atoms with Gasteiger partial charge >= 0.3 is 0 Å². The number of benzene rings is 1. The number of fused-ring (bicyclic) bond motifs is 2. The summed E-state index contributed by atoms with van der Waals surface area (Å²) >= 11 is 0. The van der Waals surface area contributed by atoms with Gasteiger partial charge in [0.05, 0.1) is 6.04 Å². The van der Waals surface area contributed by atoms with E-state index in [4.69, 9.17) is 9.47 Å². The van der Waals surface area contributed by atoms with Gasteiger partial charge in [0.1, 0.15) is 0 Å². The summed E-state index contributed by atoms with van der Waals surface area (Å²) in [5.74, 6) is 0.933. The van der Waals surface area contributed by atoms with Crippen LogP contribution in [0.3, 0.4) is 0 Å². The van der Waals surface area contributed by atoms with Crippen LogP contribution in [0.1, 0.15) is 24.9 Å². The molecule has 0 radical (unpaired) electrons. The third-order valence-corrected chi connectivity index (χ3v) is 4.85. The molecule has 3 unspecified atom stereocenters. The number of hydrazine groups is 1. The van der Waals surface area contributed by atoms with Crippen LogP contribution in [0.5, 0.6) is 11.5 Å². The molecule has 7 heteroatoms. The number of likely N-dealkylation sites (tertiary alicyclic amines) is 1. The molecule has 0 spiro atoms. The summed E-state index contributed by atoms with van der Waals surface area (Å²) in [6.07, 6.45) is 0.831. The normalized spacial score (nSPS) is 28.6. The summed E-state index contributed by atoms with van der Waals surface area (Å²) in [7, 11) is 0. The number of hydrogen-bond donors (Lipinski definition) is 2. The first-order valence-electron chi connectivity index (χ1n) is 7.84. The zero-order chi connectivity index (χ0) is 16.0. The van der Waals surface area contributed by atoms with Crippen molar-refractivity contribution in [2.75, 3.05) is 19.9 Å². The number of piperidine rings is 1. The molecule has 2 N–H and O–H groups in total. The first-order valence-corrected chi connectivity index (χ1v) is 7.84. The van der Waals surface area contributed by atoms with E-state index in [-0.39, 0.29) is 24.7 Å². The molecule has 0 aliphatic carbocycles. The minimum absolute atomic E-state index is 0.0667. The standard InChI is InChI=1S/C16H19N3O4/c1-9(20)16(21)19-5-4-12-11(7-19)15(18-17-12)10-2-3-13-14(6-10)23-8-22-13/h2-3,6,11-12,15,17-18H,4-5,7-8H2,1H3. The van der Waals surface area contributed by atoms with Crippen LogP contribution in [0, 0.1) is 5.92 Å². The van der Waals surface area contributed by atoms with Crippen LogP contribution in [0.25, 0.3) is 0 Å². The molecule has 3 heterocycles. The Labute approximate surface area is 133 Å². The fourth-order valence-electron chi connectivity index (χ4n) is 3.65. The summed E-state index contributed by atoms with van der Waals surface area (Å²) < 4.78 is 10.8. The Balaban J connectivity index is 1.56. The molecule has 0 aromatic heterocycles. The smallest absolute Gasteiger partial charge is 0.289 e. The first-order chi connectivity index (χ1) is 11.1. The lowest BCUT2D eigenvalue weighted by Gasteiger charge is -2.35. The largest absolute Gasteiger partial charge is 0.454 e. The van der Waals surface area contributed by atoms with Crippen LogP contribution >= 0.6 is 0 Å². The van der Waals surface area contributed by atoms with Crippen LogP contribution < -0.4 is 20.3 Å². The van der Waals surface area contributed by atoms with Crippen molar-refractivity contribution >= 4 is 11.7 Å². The Kier molecular flexibility index (Phi) is 3.46. The zero-order valence-electron chi connectivity index (χ0n) is 12.9. The van der Waals surface area contributed by atoms with E-state index in [1.165, 1.54) is 6.92 Å². The number of nitrogens with one attached hydrogen (secondary N) is 2. The molecule has 2 fully saturated rings. The molecule has 3 aliphatic rings. The van der Waals surface area contributed by atoms with Crippen molar-refractivity contribution in [3.63, 3.8) is 0 Å². The Hall–Kier alpha value is -2.12. The van der Waals surface area contributed by atoms with E-state index in [1.807, 2.05) is 18.2 Å². The third kappa shape index (κ3) is 2.46. The average molecular weight is 317 g/mol. The van der Waals surface area contributed by atoms with Crippen LogP contribution in [0.2, 0.25) is 0 Å². The van der Waals surface area contributed by atoms with Gasteiger partial charge in [-0.3, -0.25) is 15.0 Å². The van der Waals surface area contributed by atoms with Crippen molar-refractivity contribution in [2.24, 2.45) is 5.92 Å². The number of ketones is 1. The predicted molar refractivity (Wildman–Crippen MR) is 80.7 cm³/mol. The van der Waals surface area contributed by atoms with Gasteiger partial charge in [-0.15, -0.1) is 0 Å². The van der Waals surface area contributed by atoms with E-state index in [2.05, 4.69) is 10.9 Å². The van der Waals surface area contributed by atoms with E-state index in [1.54, 1.807) is 4.90 Å². The number of ether oxygens (including phenoxy) is 2. The maximum absolute atomic E-state index is 12.0. The van der Waals surface area contributed by atoms with Gasteiger partial charge in [0.2, 0.25) is 12.6 Å². The van der Waals surface area contributed by atoms with Gasteiger partial charge in [-0.25, -0.2) is 5.43 Å². The molecule has 2 saturated heterocycles. The van der Waals surface area contributed by atoms with Gasteiger partial charge in [-0.05, 0) is 24.1 Å². The second-order valence-corrected chi connectivity index (χ2v) is 6.25. The predicted octanol–water partition coefficient (Wildman–Crippen LogP) is 0.370. The molecule has 122 valence electrons. The number of carbonyl (C=O) groups excluding carboxylic acids is 2. The van der Waals surface area contributed by atoms with Gasteiger partial charge in [0.25, 0.3) is 5.91 Å². The first kappa shape index (κ1) is 14.5. The summed E-state index contributed by atoms with van der Waals surface area (Å²) in [4.78, 5) is 25.0. The number of carbonyl (C=O) groups is 2. The average Bonchev–Trinajstić information content (AvgIpc) is 3.18. The van der Waals surface area contributed by atoms with Crippen molar-refractivity contribution in [2.45, 2.75) is 25.4 Å². The van der Waals surface area contributed by atoms with Crippen LogP contribution in [-0.2, 0) is 9.59 Å². The van der Waals surface area contributed by atoms with Crippen molar-refractivity contribution in [3.8, 4) is 11.5 Å². The second-order valence-electron chi connectivity index (χ2n) is 6.25. The minimum Gasteiger partial charge on any atom is -0.454 e. The topological polar surface area (TPSA) is 79.9 Å². The third-order valence-electron chi connectivity index (χ3n) is 4.85. The molecule has 0 saturated carbocycles. The number of amides is 1. The molecule has 4 rings (SSSR count). The van der Waals surface area contributed by atoms with Crippen LogP contribution in [0.15, 0.2) is 18.2 Å². The highest BCUT2D eigenvalue weighted by Crippen LogP contribution is 2.39. The van der Waals surface area contributed by atoms with Gasteiger partial charge < -0.3 is 14.4 Å². The lowest BCUT2D eigenvalue weighted by molar-refractivity contribution is -0.145. The lowest BCUT2D eigenvalue weighted by atomic mass is 9.85. The molecule has 1 aromatic carbocycles. The molecule has 0 bridgehead atoms. The Morgan fingerprint density at radius 3 is 2.87 bits per heavy atom. The second kappa shape index (κ2) is 5.50. The summed E-state index contributed by atoms with van der Waals surface area (Å²) in [5, 5.41) is 0. The van der Waals surface area contributed by atoms with Crippen molar-refractivity contribution in [3.05, 3.63) is 23.8 Å². The highest BCUT2D eigenvalue weighted by molar-refractivity contribution is 6.35. The molecular formula is C16H19N3O4. The number of nitrogens with zero attached hydrogens (tertiary/aromatic N) is 1. The van der Waals surface area contributed by atoms with Gasteiger partial charge in [-0.2, -0.15) is 0 Å². The van der Waals surface area contributed by atoms with Gasteiger partial charge in [0.15, 0.2) is 11.5 Å². The highest BCUT2D eigenvalue weighted by atomic mass is 16.7. The minimum atomic E-state index is -0.401.